The van der Waals surface area contributed by atoms with Gasteiger partial charge in [0.05, 0.1) is 24.0 Å². The Morgan fingerprint density at radius 1 is 1.16 bits per heavy atom. The molecule has 0 saturated carbocycles. The highest BCUT2D eigenvalue weighted by molar-refractivity contribution is 7.89. The van der Waals surface area contributed by atoms with Crippen molar-refractivity contribution in [3.05, 3.63) is 41.3 Å². The van der Waals surface area contributed by atoms with Crippen LogP contribution in [0.5, 0.6) is 5.75 Å². The minimum absolute atomic E-state index is 0.0223. The third kappa shape index (κ3) is 6.93. The van der Waals surface area contributed by atoms with Gasteiger partial charge in [0.25, 0.3) is 0 Å². The Morgan fingerprint density at radius 3 is 2.57 bits per heavy atom. The van der Waals surface area contributed by atoms with Crippen LogP contribution in [0, 0.1) is 5.82 Å². The number of hydrogen-bond acceptors (Lipinski definition) is 9. The van der Waals surface area contributed by atoms with Crippen molar-refractivity contribution < 1.29 is 22.3 Å². The molecular formula is C25H35FN6O4S. The van der Waals surface area contributed by atoms with E-state index in [1.807, 2.05) is 0 Å². The predicted octanol–water partition coefficient (Wildman–Crippen LogP) is 2.52. The molecule has 2 aliphatic rings. The smallest absolute Gasteiger partial charge is 0.224 e. The highest BCUT2D eigenvalue weighted by Gasteiger charge is 2.28. The van der Waals surface area contributed by atoms with Crippen LogP contribution in [0.15, 0.2) is 24.4 Å². The summed E-state index contributed by atoms with van der Waals surface area (Å²) < 4.78 is 46.0. The first-order valence-corrected chi connectivity index (χ1v) is 14.3. The van der Waals surface area contributed by atoms with Crippen molar-refractivity contribution in [1.29, 1.82) is 0 Å². The van der Waals surface area contributed by atoms with Crippen molar-refractivity contribution in [3.8, 4) is 5.75 Å². The summed E-state index contributed by atoms with van der Waals surface area (Å²) in [5, 5.41) is 3.19. The number of carbonyl (C=O) groups excluding carboxylic acids is 1. The number of benzene rings is 1. The van der Waals surface area contributed by atoms with Crippen molar-refractivity contribution in [1.82, 2.24) is 19.2 Å². The Kier molecular flexibility index (Phi) is 8.93. The summed E-state index contributed by atoms with van der Waals surface area (Å²) in [7, 11) is -1.88. The maximum Gasteiger partial charge on any atom is 0.224 e. The van der Waals surface area contributed by atoms with Gasteiger partial charge in [-0.05, 0) is 76.4 Å². The van der Waals surface area contributed by atoms with Crippen LogP contribution in [-0.2, 0) is 10.0 Å². The number of nitrogens with zero attached hydrogens (tertiary/aromatic N) is 4. The molecule has 0 bridgehead atoms. The van der Waals surface area contributed by atoms with E-state index >= 15 is 0 Å². The Hall–Kier alpha value is -2.83. The fourth-order valence-electron chi connectivity index (χ4n) is 4.86. The molecule has 0 aliphatic carbocycles. The van der Waals surface area contributed by atoms with Gasteiger partial charge in [-0.15, -0.1) is 0 Å². The van der Waals surface area contributed by atoms with Gasteiger partial charge in [-0.2, -0.15) is 4.98 Å². The number of piperidine rings is 1. The number of nitrogens with two attached hydrogens (primary N) is 1. The normalized spacial score (nSPS) is 17.7. The molecule has 3 heterocycles. The van der Waals surface area contributed by atoms with Crippen LogP contribution in [-0.4, -0.2) is 85.0 Å². The van der Waals surface area contributed by atoms with Gasteiger partial charge in [0, 0.05) is 25.3 Å². The number of halogens is 1. The molecule has 0 amide bonds. The summed E-state index contributed by atoms with van der Waals surface area (Å²) in [5.74, 6) is -0.492. The second-order valence-corrected chi connectivity index (χ2v) is 11.6. The molecule has 1 aromatic carbocycles. The van der Waals surface area contributed by atoms with Crippen molar-refractivity contribution in [2.75, 3.05) is 56.6 Å². The SMILES string of the molecule is COc1ccc(F)cc1C(=O)c1cnc(NC2CCN(S(=O)(=O)CCCCN3CCCC3)CC2)nc1N. The average Bonchev–Trinajstić information content (AvgIpc) is 3.40. The van der Waals surface area contributed by atoms with Crippen LogP contribution >= 0.6 is 0 Å². The van der Waals surface area contributed by atoms with Crippen LogP contribution in [0.4, 0.5) is 16.2 Å². The zero-order valence-corrected chi connectivity index (χ0v) is 22.0. The lowest BCUT2D eigenvalue weighted by Gasteiger charge is -2.31. The molecule has 0 atom stereocenters. The number of ketones is 1. The lowest BCUT2D eigenvalue weighted by atomic mass is 10.0. The molecule has 0 radical (unpaired) electrons. The summed E-state index contributed by atoms with van der Waals surface area (Å²) in [6.07, 6.45) is 6.59. The Labute approximate surface area is 217 Å². The van der Waals surface area contributed by atoms with Gasteiger partial charge in [0.2, 0.25) is 21.8 Å². The zero-order chi connectivity index (χ0) is 26.4. The summed E-state index contributed by atoms with van der Waals surface area (Å²) in [6.45, 7) is 4.09. The van der Waals surface area contributed by atoms with E-state index in [4.69, 9.17) is 10.5 Å². The van der Waals surface area contributed by atoms with E-state index in [1.165, 1.54) is 38.3 Å². The van der Waals surface area contributed by atoms with Crippen LogP contribution in [0.25, 0.3) is 0 Å². The van der Waals surface area contributed by atoms with E-state index in [-0.39, 0.29) is 40.4 Å². The van der Waals surface area contributed by atoms with E-state index in [2.05, 4.69) is 20.2 Å². The number of hydrogen-bond donors (Lipinski definition) is 2. The topological polar surface area (TPSA) is 131 Å². The second kappa shape index (κ2) is 12.1. The summed E-state index contributed by atoms with van der Waals surface area (Å²) in [5.41, 5.74) is 6.11. The highest BCUT2D eigenvalue weighted by Crippen LogP contribution is 2.25. The largest absolute Gasteiger partial charge is 0.496 e. The van der Waals surface area contributed by atoms with E-state index in [0.29, 0.717) is 32.4 Å². The maximum absolute atomic E-state index is 13.7. The first kappa shape index (κ1) is 27.2. The molecule has 12 heteroatoms. The number of sulfonamides is 1. The zero-order valence-electron chi connectivity index (χ0n) is 21.2. The molecule has 202 valence electrons. The predicted molar refractivity (Wildman–Crippen MR) is 140 cm³/mol. The lowest BCUT2D eigenvalue weighted by Crippen LogP contribution is -2.43. The van der Waals surface area contributed by atoms with Crippen LogP contribution in [0.1, 0.15) is 54.4 Å². The van der Waals surface area contributed by atoms with Gasteiger partial charge >= 0.3 is 0 Å². The molecule has 2 fully saturated rings. The molecule has 2 aliphatic heterocycles. The van der Waals surface area contributed by atoms with E-state index < -0.39 is 21.6 Å². The van der Waals surface area contributed by atoms with Gasteiger partial charge in [-0.3, -0.25) is 4.79 Å². The molecule has 2 aromatic rings. The third-order valence-electron chi connectivity index (χ3n) is 6.97. The highest BCUT2D eigenvalue weighted by atomic mass is 32.2. The minimum Gasteiger partial charge on any atom is -0.496 e. The Bertz CT molecular complexity index is 1200. The molecule has 4 rings (SSSR count). The number of aromatic nitrogens is 2. The van der Waals surface area contributed by atoms with Crippen LogP contribution < -0.4 is 15.8 Å². The molecule has 2 saturated heterocycles. The first-order chi connectivity index (χ1) is 17.8. The number of nitrogen functional groups attached to an aromatic ring is 1. The van der Waals surface area contributed by atoms with Gasteiger partial charge in [-0.1, -0.05) is 0 Å². The quantitative estimate of drug-likeness (QED) is 0.330. The van der Waals surface area contributed by atoms with Crippen molar-refractivity contribution >= 4 is 27.6 Å². The number of ether oxygens (including phenoxy) is 1. The van der Waals surface area contributed by atoms with Crippen molar-refractivity contribution in [3.63, 3.8) is 0 Å². The number of rotatable bonds is 11. The fourth-order valence-corrected chi connectivity index (χ4v) is 6.45. The summed E-state index contributed by atoms with van der Waals surface area (Å²) >= 11 is 0. The number of anilines is 2. The fraction of sp³-hybridized carbons (Fsp3) is 0.560. The van der Waals surface area contributed by atoms with E-state index in [0.717, 1.165) is 32.1 Å². The van der Waals surface area contributed by atoms with Gasteiger partial charge in [0.15, 0.2) is 0 Å². The molecule has 3 N–H and O–H groups in total. The average molecular weight is 535 g/mol. The molecule has 10 nitrogen and oxygen atoms in total. The third-order valence-corrected chi connectivity index (χ3v) is 8.93. The maximum atomic E-state index is 13.7. The van der Waals surface area contributed by atoms with Crippen molar-refractivity contribution in [2.45, 2.75) is 44.6 Å². The number of likely N-dealkylation sites (tertiary alicyclic amines) is 1. The second-order valence-electron chi connectivity index (χ2n) is 9.56. The number of unbranched alkanes of at least 4 members (excludes halogenated alkanes) is 1. The van der Waals surface area contributed by atoms with Crippen molar-refractivity contribution in [2.24, 2.45) is 0 Å². The summed E-state index contributed by atoms with van der Waals surface area (Å²) in [6, 6.07) is 3.64. The van der Waals surface area contributed by atoms with E-state index in [9.17, 15) is 17.6 Å². The summed E-state index contributed by atoms with van der Waals surface area (Å²) in [4.78, 5) is 23.7. The van der Waals surface area contributed by atoms with Crippen LogP contribution in [0.2, 0.25) is 0 Å². The number of nitrogens with one attached hydrogen (secondary N) is 1. The molecule has 0 spiro atoms. The molecular weight excluding hydrogens is 499 g/mol. The monoisotopic (exact) mass is 534 g/mol. The number of carbonyl (C=O) groups is 1. The van der Waals surface area contributed by atoms with Gasteiger partial charge < -0.3 is 20.7 Å². The lowest BCUT2D eigenvalue weighted by molar-refractivity contribution is 0.103. The Balaban J connectivity index is 1.28. The Morgan fingerprint density at radius 2 is 1.89 bits per heavy atom. The molecule has 1 aromatic heterocycles. The molecule has 0 unspecified atom stereocenters. The standard InChI is InChI=1S/C25H35FN6O4S/c1-36-22-7-6-18(26)16-20(22)23(33)21-17-28-25(30-24(21)27)29-19-8-13-32(14-9-19)37(34,35)15-5-4-12-31-10-2-3-11-31/h6-7,16-17,19H,2-5,8-15H2,1H3,(H3,27,28,29,30). The molecule has 37 heavy (non-hydrogen) atoms. The van der Waals surface area contributed by atoms with Gasteiger partial charge in [0.1, 0.15) is 17.4 Å². The van der Waals surface area contributed by atoms with Crippen LogP contribution in [0.3, 0.4) is 0 Å². The minimum atomic E-state index is -3.27. The first-order valence-electron chi connectivity index (χ1n) is 12.7. The van der Waals surface area contributed by atoms with Gasteiger partial charge in [-0.25, -0.2) is 22.1 Å². The number of methoxy groups -OCH3 is 1. The van der Waals surface area contributed by atoms with E-state index in [1.54, 1.807) is 4.31 Å².